The van der Waals surface area contributed by atoms with Gasteiger partial charge < -0.3 is 10.2 Å². The first kappa shape index (κ1) is 18.7. The number of rotatable bonds is 6. The van der Waals surface area contributed by atoms with E-state index in [-0.39, 0.29) is 5.56 Å². The molecule has 1 aliphatic carbocycles. The van der Waals surface area contributed by atoms with Crippen molar-refractivity contribution in [2.75, 3.05) is 20.1 Å². The van der Waals surface area contributed by atoms with Gasteiger partial charge in [0.25, 0.3) is 5.91 Å². The molecule has 0 radical (unpaired) electrons. The molecular weight excluding hydrogens is 319 g/mol. The zero-order valence-corrected chi connectivity index (χ0v) is 13.9. The van der Waals surface area contributed by atoms with Crippen LogP contribution in [0.4, 0.5) is 13.2 Å². The number of hydrogen-bond acceptors (Lipinski definition) is 3. The van der Waals surface area contributed by atoms with E-state index in [1.54, 1.807) is 0 Å². The average molecular weight is 343 g/mol. The van der Waals surface area contributed by atoms with Crippen molar-refractivity contribution in [1.82, 2.24) is 15.2 Å². The normalized spacial score (nSPS) is 16.4. The van der Waals surface area contributed by atoms with Gasteiger partial charge in [-0.1, -0.05) is 19.3 Å². The second kappa shape index (κ2) is 8.46. The Hall–Kier alpha value is -1.63. The molecule has 134 valence electrons. The number of nitrogens with one attached hydrogen (secondary N) is 1. The molecule has 4 nitrogen and oxygen atoms in total. The number of amides is 1. The summed E-state index contributed by atoms with van der Waals surface area (Å²) in [7, 11) is 2.11. The number of pyridine rings is 1. The van der Waals surface area contributed by atoms with Crippen LogP contribution in [0, 0.1) is 0 Å². The van der Waals surface area contributed by atoms with Crippen LogP contribution in [0.2, 0.25) is 0 Å². The van der Waals surface area contributed by atoms with Crippen molar-refractivity contribution in [3.63, 3.8) is 0 Å². The summed E-state index contributed by atoms with van der Waals surface area (Å²) in [5, 5.41) is 2.73. The maximum Gasteiger partial charge on any atom is 0.433 e. The summed E-state index contributed by atoms with van der Waals surface area (Å²) < 4.78 is 37.3. The third kappa shape index (κ3) is 5.47. The molecule has 1 amide bonds. The summed E-state index contributed by atoms with van der Waals surface area (Å²) in [6.45, 7) is 1.40. The first-order valence-corrected chi connectivity index (χ1v) is 8.39. The molecule has 1 aliphatic rings. The highest BCUT2D eigenvalue weighted by Gasteiger charge is 2.32. The Kier molecular flexibility index (Phi) is 6.60. The van der Waals surface area contributed by atoms with Crippen LogP contribution in [0.1, 0.15) is 54.6 Å². The van der Waals surface area contributed by atoms with Gasteiger partial charge in [0.2, 0.25) is 0 Å². The van der Waals surface area contributed by atoms with E-state index >= 15 is 0 Å². The molecule has 1 heterocycles. The second-order valence-electron chi connectivity index (χ2n) is 6.31. The van der Waals surface area contributed by atoms with E-state index in [2.05, 4.69) is 22.2 Å². The summed E-state index contributed by atoms with van der Waals surface area (Å²) in [5.74, 6) is -0.392. The van der Waals surface area contributed by atoms with Gasteiger partial charge in [-0.3, -0.25) is 9.78 Å². The van der Waals surface area contributed by atoms with Gasteiger partial charge in [0.05, 0.1) is 5.56 Å². The predicted octanol–water partition coefficient (Wildman–Crippen LogP) is 3.48. The Labute approximate surface area is 140 Å². The SMILES string of the molecule is CN(CCCNC(=O)c1ccc(C(F)(F)F)nc1)C1CCCCC1. The van der Waals surface area contributed by atoms with E-state index in [9.17, 15) is 18.0 Å². The first-order valence-electron chi connectivity index (χ1n) is 8.39. The molecule has 1 fully saturated rings. The molecule has 0 unspecified atom stereocenters. The number of carbonyl (C=O) groups is 1. The van der Waals surface area contributed by atoms with E-state index in [1.807, 2.05) is 0 Å². The Morgan fingerprint density at radius 1 is 1.29 bits per heavy atom. The van der Waals surface area contributed by atoms with Crippen molar-refractivity contribution < 1.29 is 18.0 Å². The van der Waals surface area contributed by atoms with Crippen LogP contribution < -0.4 is 5.32 Å². The number of alkyl halides is 3. The average Bonchev–Trinajstić information content (AvgIpc) is 2.58. The van der Waals surface area contributed by atoms with E-state index in [0.717, 1.165) is 31.3 Å². The van der Waals surface area contributed by atoms with E-state index < -0.39 is 17.8 Å². The van der Waals surface area contributed by atoms with Crippen LogP contribution >= 0.6 is 0 Å². The zero-order valence-electron chi connectivity index (χ0n) is 13.9. The van der Waals surface area contributed by atoms with Gasteiger partial charge in [-0.2, -0.15) is 13.2 Å². The van der Waals surface area contributed by atoms with E-state index in [1.165, 1.54) is 32.1 Å². The standard InChI is InChI=1S/C17H24F3N3O/c1-23(14-6-3-2-4-7-14)11-5-10-21-16(24)13-8-9-15(22-12-13)17(18,19)20/h8-9,12,14H,2-7,10-11H2,1H3,(H,21,24). The Morgan fingerprint density at radius 3 is 2.58 bits per heavy atom. The highest BCUT2D eigenvalue weighted by molar-refractivity contribution is 5.93. The molecule has 1 saturated carbocycles. The molecule has 0 spiro atoms. The third-order valence-electron chi connectivity index (χ3n) is 4.49. The fourth-order valence-corrected chi connectivity index (χ4v) is 3.03. The molecule has 0 saturated heterocycles. The Balaban J connectivity index is 1.71. The predicted molar refractivity (Wildman–Crippen MR) is 85.7 cm³/mol. The van der Waals surface area contributed by atoms with Crippen LogP contribution in [-0.2, 0) is 6.18 Å². The number of aromatic nitrogens is 1. The maximum absolute atomic E-state index is 12.4. The van der Waals surface area contributed by atoms with Gasteiger partial charge in [0.15, 0.2) is 0 Å². The molecule has 0 aromatic carbocycles. The summed E-state index contributed by atoms with van der Waals surface area (Å²) in [6.07, 6.45) is 3.65. The molecule has 1 aromatic rings. The minimum Gasteiger partial charge on any atom is -0.352 e. The molecule has 24 heavy (non-hydrogen) atoms. The van der Waals surface area contributed by atoms with Crippen LogP contribution in [0.5, 0.6) is 0 Å². The molecule has 1 aromatic heterocycles. The highest BCUT2D eigenvalue weighted by Crippen LogP contribution is 2.27. The molecule has 0 aliphatic heterocycles. The van der Waals surface area contributed by atoms with Crippen molar-refractivity contribution in [3.05, 3.63) is 29.6 Å². The van der Waals surface area contributed by atoms with Crippen LogP contribution in [0.25, 0.3) is 0 Å². The number of hydrogen-bond donors (Lipinski definition) is 1. The lowest BCUT2D eigenvalue weighted by Crippen LogP contribution is -2.35. The number of nitrogens with zero attached hydrogens (tertiary/aromatic N) is 2. The lowest BCUT2D eigenvalue weighted by molar-refractivity contribution is -0.141. The lowest BCUT2D eigenvalue weighted by atomic mass is 9.94. The minimum atomic E-state index is -4.49. The summed E-state index contributed by atoms with van der Waals surface area (Å²) in [5.41, 5.74) is -0.850. The molecule has 7 heteroatoms. The minimum absolute atomic E-state index is 0.142. The first-order chi connectivity index (χ1) is 11.4. The molecular formula is C17H24F3N3O. The van der Waals surface area contributed by atoms with Crippen molar-refractivity contribution >= 4 is 5.91 Å². The number of carbonyl (C=O) groups excluding carboxylic acids is 1. The summed E-state index contributed by atoms with van der Waals surface area (Å²) >= 11 is 0. The van der Waals surface area contributed by atoms with Gasteiger partial charge in [0, 0.05) is 18.8 Å². The fourth-order valence-electron chi connectivity index (χ4n) is 3.03. The summed E-state index contributed by atoms with van der Waals surface area (Å²) in [6, 6.07) is 2.61. The quantitative estimate of drug-likeness (QED) is 0.804. The highest BCUT2D eigenvalue weighted by atomic mass is 19.4. The van der Waals surface area contributed by atoms with Crippen LogP contribution in [-0.4, -0.2) is 42.0 Å². The van der Waals surface area contributed by atoms with Crippen LogP contribution in [0.3, 0.4) is 0 Å². The van der Waals surface area contributed by atoms with Crippen LogP contribution in [0.15, 0.2) is 18.3 Å². The van der Waals surface area contributed by atoms with Gasteiger partial charge >= 0.3 is 6.18 Å². The lowest BCUT2D eigenvalue weighted by Gasteiger charge is -2.31. The fraction of sp³-hybridized carbons (Fsp3) is 0.647. The van der Waals surface area contributed by atoms with Crippen molar-refractivity contribution in [1.29, 1.82) is 0 Å². The molecule has 1 N–H and O–H groups in total. The third-order valence-corrected chi connectivity index (χ3v) is 4.49. The molecule has 0 atom stereocenters. The second-order valence-corrected chi connectivity index (χ2v) is 6.31. The van der Waals surface area contributed by atoms with Crippen molar-refractivity contribution in [2.45, 2.75) is 50.7 Å². The molecule has 0 bridgehead atoms. The van der Waals surface area contributed by atoms with Crippen molar-refractivity contribution in [2.24, 2.45) is 0 Å². The van der Waals surface area contributed by atoms with Crippen molar-refractivity contribution in [3.8, 4) is 0 Å². The Morgan fingerprint density at radius 2 is 2.00 bits per heavy atom. The van der Waals surface area contributed by atoms with Gasteiger partial charge in [-0.05, 0) is 45.0 Å². The number of halogens is 3. The molecule has 2 rings (SSSR count). The van der Waals surface area contributed by atoms with Gasteiger partial charge in [-0.25, -0.2) is 0 Å². The van der Waals surface area contributed by atoms with Gasteiger partial charge in [0.1, 0.15) is 5.69 Å². The topological polar surface area (TPSA) is 45.2 Å². The largest absolute Gasteiger partial charge is 0.433 e. The smallest absolute Gasteiger partial charge is 0.352 e. The maximum atomic E-state index is 12.4. The zero-order chi connectivity index (χ0) is 17.6. The van der Waals surface area contributed by atoms with E-state index in [4.69, 9.17) is 0 Å². The van der Waals surface area contributed by atoms with E-state index in [0.29, 0.717) is 12.6 Å². The summed E-state index contributed by atoms with van der Waals surface area (Å²) in [4.78, 5) is 17.5. The van der Waals surface area contributed by atoms with Gasteiger partial charge in [-0.15, -0.1) is 0 Å². The monoisotopic (exact) mass is 343 g/mol. The Bertz CT molecular complexity index is 525.